The van der Waals surface area contributed by atoms with E-state index in [4.69, 9.17) is 10.2 Å². The van der Waals surface area contributed by atoms with Gasteiger partial charge in [0.1, 0.15) is 0 Å². The van der Waals surface area contributed by atoms with Crippen molar-refractivity contribution in [2.24, 2.45) is 0 Å². The molecule has 0 aliphatic heterocycles. The summed E-state index contributed by atoms with van der Waals surface area (Å²) in [6, 6.07) is 1.55. The molecule has 62 valence electrons. The summed E-state index contributed by atoms with van der Waals surface area (Å²) < 4.78 is 13.3. The maximum Gasteiger partial charge on any atom is 0.182 e. The number of halogens is 1. The van der Waals surface area contributed by atoms with Crippen LogP contribution < -0.4 is 0 Å². The molecule has 0 saturated heterocycles. The zero-order valence-corrected chi connectivity index (χ0v) is 6.64. The Morgan fingerprint density at radius 3 is 2.45 bits per heavy atom. The van der Waals surface area contributed by atoms with Crippen LogP contribution in [0.3, 0.4) is 0 Å². The van der Waals surface area contributed by atoms with Gasteiger partial charge >= 0.3 is 0 Å². The molecule has 0 fully saturated rings. The summed E-state index contributed by atoms with van der Waals surface area (Å²) in [7, 11) is 0. The maximum atomic E-state index is 13.3. The molecular formula is C7H9FO2S. The molecule has 0 amide bonds. The largest absolute Gasteiger partial charge is 0.393 e. The number of alkyl halides is 1. The second-order valence-corrected chi connectivity index (χ2v) is 3.07. The Balaban J connectivity index is 2.87. The minimum Gasteiger partial charge on any atom is -0.393 e. The first-order valence-electron chi connectivity index (χ1n) is 3.16. The fourth-order valence-corrected chi connectivity index (χ4v) is 1.49. The number of aliphatic hydroxyl groups excluding tert-OH is 2. The van der Waals surface area contributed by atoms with Crippen molar-refractivity contribution in [3.63, 3.8) is 0 Å². The van der Waals surface area contributed by atoms with E-state index in [9.17, 15) is 4.39 Å². The van der Waals surface area contributed by atoms with Gasteiger partial charge in [-0.05, 0) is 16.8 Å². The Bertz CT molecular complexity index is 206. The van der Waals surface area contributed by atoms with Crippen LogP contribution in [0.5, 0.6) is 0 Å². The lowest BCUT2D eigenvalue weighted by molar-refractivity contribution is 0.0132. The standard InChI is InChI=1S/C7H9FO2S/c8-7(4-9,5-10)6-1-2-11-3-6/h1-3,9-10H,4-5H2. The quantitative estimate of drug-likeness (QED) is 0.718. The third-order valence-corrected chi connectivity index (χ3v) is 2.22. The summed E-state index contributed by atoms with van der Waals surface area (Å²) in [5.41, 5.74) is -1.63. The number of thiophene rings is 1. The van der Waals surface area contributed by atoms with Crippen LogP contribution in [0.15, 0.2) is 16.8 Å². The van der Waals surface area contributed by atoms with E-state index in [0.29, 0.717) is 5.56 Å². The maximum absolute atomic E-state index is 13.3. The second-order valence-electron chi connectivity index (χ2n) is 2.29. The van der Waals surface area contributed by atoms with Crippen molar-refractivity contribution in [2.75, 3.05) is 13.2 Å². The Labute approximate surface area is 67.9 Å². The van der Waals surface area contributed by atoms with Gasteiger partial charge in [-0.2, -0.15) is 11.3 Å². The molecule has 0 unspecified atom stereocenters. The first-order chi connectivity index (χ1) is 5.23. The van der Waals surface area contributed by atoms with Gasteiger partial charge in [0.05, 0.1) is 13.2 Å². The fourth-order valence-electron chi connectivity index (χ4n) is 0.752. The fraction of sp³-hybridized carbons (Fsp3) is 0.429. The van der Waals surface area contributed by atoms with E-state index in [-0.39, 0.29) is 0 Å². The van der Waals surface area contributed by atoms with Crippen LogP contribution >= 0.6 is 11.3 Å². The Hall–Kier alpha value is -0.450. The molecule has 0 saturated carbocycles. The van der Waals surface area contributed by atoms with Crippen molar-refractivity contribution in [1.82, 2.24) is 0 Å². The molecule has 0 aliphatic carbocycles. The van der Waals surface area contributed by atoms with Crippen molar-refractivity contribution in [3.05, 3.63) is 22.4 Å². The van der Waals surface area contributed by atoms with Gasteiger partial charge in [-0.3, -0.25) is 0 Å². The van der Waals surface area contributed by atoms with E-state index in [1.807, 2.05) is 0 Å². The Morgan fingerprint density at radius 1 is 1.45 bits per heavy atom. The molecule has 2 nitrogen and oxygen atoms in total. The second kappa shape index (κ2) is 3.30. The van der Waals surface area contributed by atoms with E-state index in [0.717, 1.165) is 0 Å². The van der Waals surface area contributed by atoms with Crippen LogP contribution in [-0.4, -0.2) is 23.4 Å². The minimum atomic E-state index is -1.97. The number of hydrogen-bond donors (Lipinski definition) is 2. The monoisotopic (exact) mass is 176 g/mol. The van der Waals surface area contributed by atoms with Crippen molar-refractivity contribution in [3.8, 4) is 0 Å². The van der Waals surface area contributed by atoms with E-state index in [1.165, 1.54) is 11.3 Å². The molecule has 0 atom stereocenters. The number of aliphatic hydroxyl groups is 2. The molecular weight excluding hydrogens is 167 g/mol. The van der Waals surface area contributed by atoms with Gasteiger partial charge in [0, 0.05) is 5.56 Å². The van der Waals surface area contributed by atoms with Gasteiger partial charge < -0.3 is 10.2 Å². The molecule has 0 spiro atoms. The number of hydrogen-bond acceptors (Lipinski definition) is 3. The molecule has 0 aromatic carbocycles. The predicted molar refractivity (Wildman–Crippen MR) is 41.3 cm³/mol. The smallest absolute Gasteiger partial charge is 0.182 e. The van der Waals surface area contributed by atoms with Gasteiger partial charge in [-0.25, -0.2) is 4.39 Å². The van der Waals surface area contributed by atoms with Gasteiger partial charge in [0.15, 0.2) is 5.67 Å². The lowest BCUT2D eigenvalue weighted by Crippen LogP contribution is -2.28. The summed E-state index contributed by atoms with van der Waals surface area (Å²) in [6.45, 7) is -1.36. The van der Waals surface area contributed by atoms with E-state index in [1.54, 1.807) is 16.8 Å². The molecule has 2 N–H and O–H groups in total. The highest BCUT2D eigenvalue weighted by Crippen LogP contribution is 2.26. The molecule has 0 aliphatic rings. The molecule has 1 aromatic heterocycles. The van der Waals surface area contributed by atoms with Crippen LogP contribution in [0.4, 0.5) is 4.39 Å². The van der Waals surface area contributed by atoms with Crippen LogP contribution in [-0.2, 0) is 5.67 Å². The van der Waals surface area contributed by atoms with Gasteiger partial charge in [0.25, 0.3) is 0 Å². The lowest BCUT2D eigenvalue weighted by Gasteiger charge is -2.18. The van der Waals surface area contributed by atoms with Gasteiger partial charge in [0.2, 0.25) is 0 Å². The van der Waals surface area contributed by atoms with Crippen LogP contribution in [0.25, 0.3) is 0 Å². The highest BCUT2D eigenvalue weighted by molar-refractivity contribution is 7.08. The van der Waals surface area contributed by atoms with E-state index in [2.05, 4.69) is 0 Å². The molecule has 1 rings (SSSR count). The highest BCUT2D eigenvalue weighted by Gasteiger charge is 2.30. The van der Waals surface area contributed by atoms with Crippen molar-refractivity contribution >= 4 is 11.3 Å². The van der Waals surface area contributed by atoms with Crippen LogP contribution in [0, 0.1) is 0 Å². The van der Waals surface area contributed by atoms with Crippen molar-refractivity contribution < 1.29 is 14.6 Å². The average molecular weight is 176 g/mol. The summed E-state index contributed by atoms with van der Waals surface area (Å²) in [4.78, 5) is 0. The highest BCUT2D eigenvalue weighted by atomic mass is 32.1. The van der Waals surface area contributed by atoms with Gasteiger partial charge in [-0.1, -0.05) is 0 Å². The first-order valence-corrected chi connectivity index (χ1v) is 4.10. The zero-order chi connectivity index (χ0) is 8.32. The Kier molecular flexibility index (Phi) is 2.59. The van der Waals surface area contributed by atoms with E-state index < -0.39 is 18.9 Å². The topological polar surface area (TPSA) is 40.5 Å². The third-order valence-electron chi connectivity index (χ3n) is 1.54. The first kappa shape index (κ1) is 8.64. The summed E-state index contributed by atoms with van der Waals surface area (Å²) in [5.74, 6) is 0. The minimum absolute atomic E-state index is 0.340. The summed E-state index contributed by atoms with van der Waals surface area (Å²) in [6.07, 6.45) is 0. The molecule has 1 aromatic rings. The van der Waals surface area contributed by atoms with Crippen LogP contribution in [0.2, 0.25) is 0 Å². The van der Waals surface area contributed by atoms with Crippen molar-refractivity contribution in [1.29, 1.82) is 0 Å². The normalized spacial score (nSPS) is 11.9. The molecule has 0 bridgehead atoms. The summed E-state index contributed by atoms with van der Waals surface area (Å²) >= 11 is 1.33. The Morgan fingerprint density at radius 2 is 2.09 bits per heavy atom. The third kappa shape index (κ3) is 1.58. The number of rotatable bonds is 3. The predicted octanol–water partition coefficient (Wildman–Crippen LogP) is 0.897. The van der Waals surface area contributed by atoms with Crippen molar-refractivity contribution in [2.45, 2.75) is 5.67 Å². The zero-order valence-electron chi connectivity index (χ0n) is 5.83. The SMILES string of the molecule is OCC(F)(CO)c1ccsc1. The lowest BCUT2D eigenvalue weighted by atomic mass is 10.0. The van der Waals surface area contributed by atoms with Gasteiger partial charge in [-0.15, -0.1) is 0 Å². The molecule has 0 radical (unpaired) electrons. The molecule has 4 heteroatoms. The molecule has 1 heterocycles. The molecule has 11 heavy (non-hydrogen) atoms. The van der Waals surface area contributed by atoms with Crippen LogP contribution in [0.1, 0.15) is 5.56 Å². The summed E-state index contributed by atoms with van der Waals surface area (Å²) in [5, 5.41) is 20.5. The average Bonchev–Trinajstić information content (AvgIpc) is 2.55. The van der Waals surface area contributed by atoms with E-state index >= 15 is 0 Å².